The predicted molar refractivity (Wildman–Crippen MR) is 83.5 cm³/mol. The summed E-state index contributed by atoms with van der Waals surface area (Å²) < 4.78 is 2.22. The van der Waals surface area contributed by atoms with E-state index < -0.39 is 0 Å². The molecule has 106 valence electrons. The van der Waals surface area contributed by atoms with Gasteiger partial charge >= 0.3 is 0 Å². The molecular weight excluding hydrogens is 246 g/mol. The maximum atomic E-state index is 4.34. The van der Waals surface area contributed by atoms with Crippen LogP contribution in [0.25, 0.3) is 5.69 Å². The molecular formula is C17H23N3. The van der Waals surface area contributed by atoms with Crippen LogP contribution in [-0.4, -0.2) is 16.1 Å². The minimum absolute atomic E-state index is 0.271. The first-order chi connectivity index (χ1) is 9.53. The van der Waals surface area contributed by atoms with Gasteiger partial charge in [0.25, 0.3) is 0 Å². The van der Waals surface area contributed by atoms with E-state index in [0.717, 1.165) is 13.0 Å². The van der Waals surface area contributed by atoms with E-state index in [1.807, 2.05) is 12.5 Å². The molecule has 20 heavy (non-hydrogen) atoms. The second kappa shape index (κ2) is 4.97. The first-order valence-corrected chi connectivity index (χ1v) is 7.41. The summed E-state index contributed by atoms with van der Waals surface area (Å²) in [5.41, 5.74) is 5.49. The van der Waals surface area contributed by atoms with Gasteiger partial charge in [-0.3, -0.25) is 0 Å². The number of nitrogens with zero attached hydrogens (tertiary/aromatic N) is 2. The summed E-state index contributed by atoms with van der Waals surface area (Å²) >= 11 is 0. The summed E-state index contributed by atoms with van der Waals surface area (Å²) in [5.74, 6) is 0. The largest absolute Gasteiger partial charge is 0.385 e. The van der Waals surface area contributed by atoms with Crippen LogP contribution in [0.1, 0.15) is 38.4 Å². The predicted octanol–water partition coefficient (Wildman–Crippen LogP) is 3.82. The van der Waals surface area contributed by atoms with Gasteiger partial charge in [0.1, 0.15) is 0 Å². The standard InChI is InChI=1S/C17H23N3/c1-17(2,3)10-15-11-18-12-20(15)14-6-7-16-13(9-14)5-4-8-19-16/h6-7,9,11-12,19H,4-5,8,10H2,1-3H3. The highest BCUT2D eigenvalue weighted by atomic mass is 15.1. The minimum atomic E-state index is 0.271. The number of nitrogens with one attached hydrogen (secondary N) is 1. The summed E-state index contributed by atoms with van der Waals surface area (Å²) in [5, 5.41) is 3.46. The van der Waals surface area contributed by atoms with Crippen LogP contribution in [0.2, 0.25) is 0 Å². The van der Waals surface area contributed by atoms with E-state index in [1.165, 1.54) is 35.5 Å². The van der Waals surface area contributed by atoms with Crippen LogP contribution in [0.3, 0.4) is 0 Å². The Morgan fingerprint density at radius 2 is 2.15 bits per heavy atom. The van der Waals surface area contributed by atoms with E-state index in [-0.39, 0.29) is 5.41 Å². The molecule has 0 spiro atoms. The molecule has 1 aliphatic heterocycles. The van der Waals surface area contributed by atoms with Gasteiger partial charge in [0.15, 0.2) is 0 Å². The van der Waals surface area contributed by atoms with Crippen LogP contribution in [-0.2, 0) is 12.8 Å². The van der Waals surface area contributed by atoms with Crippen molar-refractivity contribution >= 4 is 5.69 Å². The van der Waals surface area contributed by atoms with Crippen molar-refractivity contribution in [3.05, 3.63) is 42.0 Å². The molecule has 0 bridgehead atoms. The lowest BCUT2D eigenvalue weighted by Gasteiger charge is -2.21. The summed E-state index contributed by atoms with van der Waals surface area (Å²) in [7, 11) is 0. The van der Waals surface area contributed by atoms with Crippen molar-refractivity contribution in [1.82, 2.24) is 9.55 Å². The van der Waals surface area contributed by atoms with Crippen LogP contribution < -0.4 is 5.32 Å². The highest BCUT2D eigenvalue weighted by Gasteiger charge is 2.16. The lowest BCUT2D eigenvalue weighted by Crippen LogP contribution is -2.14. The molecule has 0 saturated carbocycles. The Morgan fingerprint density at radius 1 is 1.30 bits per heavy atom. The second-order valence-corrected chi connectivity index (χ2v) is 6.86. The minimum Gasteiger partial charge on any atom is -0.385 e. The highest BCUT2D eigenvalue weighted by molar-refractivity contribution is 5.57. The molecule has 3 rings (SSSR count). The zero-order valence-electron chi connectivity index (χ0n) is 12.6. The van der Waals surface area contributed by atoms with Crippen molar-refractivity contribution in [3.8, 4) is 5.69 Å². The summed E-state index contributed by atoms with van der Waals surface area (Å²) in [6, 6.07) is 6.69. The van der Waals surface area contributed by atoms with Crippen molar-refractivity contribution in [2.45, 2.75) is 40.0 Å². The number of rotatable bonds is 2. The monoisotopic (exact) mass is 269 g/mol. The molecule has 3 heteroatoms. The molecule has 0 amide bonds. The Kier molecular flexibility index (Phi) is 3.28. The van der Waals surface area contributed by atoms with Gasteiger partial charge in [-0.25, -0.2) is 4.98 Å². The number of aromatic nitrogens is 2. The van der Waals surface area contributed by atoms with Crippen LogP contribution >= 0.6 is 0 Å². The number of imidazole rings is 1. The molecule has 0 unspecified atom stereocenters. The van der Waals surface area contributed by atoms with Crippen LogP contribution in [0.4, 0.5) is 5.69 Å². The van der Waals surface area contributed by atoms with E-state index in [2.05, 4.69) is 53.8 Å². The van der Waals surface area contributed by atoms with Crippen molar-refractivity contribution < 1.29 is 0 Å². The fourth-order valence-electron chi connectivity index (χ4n) is 2.84. The van der Waals surface area contributed by atoms with Crippen molar-refractivity contribution in [2.75, 3.05) is 11.9 Å². The molecule has 0 fully saturated rings. The second-order valence-electron chi connectivity index (χ2n) is 6.86. The van der Waals surface area contributed by atoms with E-state index >= 15 is 0 Å². The average Bonchev–Trinajstić information content (AvgIpc) is 2.84. The maximum Gasteiger partial charge on any atom is 0.0994 e. The Balaban J connectivity index is 1.95. The number of anilines is 1. The van der Waals surface area contributed by atoms with Crippen LogP contribution in [0, 0.1) is 5.41 Å². The molecule has 1 aliphatic rings. The first-order valence-electron chi connectivity index (χ1n) is 7.41. The summed E-state index contributed by atoms with van der Waals surface area (Å²) in [4.78, 5) is 4.34. The van der Waals surface area contributed by atoms with E-state index in [9.17, 15) is 0 Å². The maximum absolute atomic E-state index is 4.34. The van der Waals surface area contributed by atoms with Crippen molar-refractivity contribution in [3.63, 3.8) is 0 Å². The number of benzene rings is 1. The normalized spacial score (nSPS) is 14.8. The fourth-order valence-corrected chi connectivity index (χ4v) is 2.84. The van der Waals surface area contributed by atoms with Gasteiger partial charge in [0.2, 0.25) is 0 Å². The van der Waals surface area contributed by atoms with E-state index in [4.69, 9.17) is 0 Å². The van der Waals surface area contributed by atoms with E-state index in [1.54, 1.807) is 0 Å². The molecule has 1 aromatic heterocycles. The van der Waals surface area contributed by atoms with Gasteiger partial charge in [0.05, 0.1) is 6.33 Å². The Hall–Kier alpha value is -1.77. The molecule has 2 heterocycles. The number of hydrogen-bond donors (Lipinski definition) is 1. The molecule has 1 N–H and O–H groups in total. The van der Waals surface area contributed by atoms with Gasteiger partial charge in [-0.05, 0) is 48.4 Å². The SMILES string of the molecule is CC(C)(C)Cc1cncn1-c1ccc2c(c1)CCCN2. The molecule has 0 aliphatic carbocycles. The zero-order valence-corrected chi connectivity index (χ0v) is 12.6. The third kappa shape index (κ3) is 2.72. The third-order valence-corrected chi connectivity index (χ3v) is 3.73. The molecule has 0 radical (unpaired) electrons. The topological polar surface area (TPSA) is 29.9 Å². The lowest BCUT2D eigenvalue weighted by atomic mass is 9.90. The first kappa shape index (κ1) is 13.2. The highest BCUT2D eigenvalue weighted by Crippen LogP contribution is 2.27. The molecule has 2 aromatic rings. The molecule has 1 aromatic carbocycles. The van der Waals surface area contributed by atoms with Gasteiger partial charge in [0, 0.05) is 29.8 Å². The number of aryl methyl sites for hydroxylation is 1. The number of fused-ring (bicyclic) bond motifs is 1. The van der Waals surface area contributed by atoms with Crippen LogP contribution in [0.5, 0.6) is 0 Å². The summed E-state index contributed by atoms with van der Waals surface area (Å²) in [6.45, 7) is 7.88. The van der Waals surface area contributed by atoms with Crippen molar-refractivity contribution in [2.24, 2.45) is 5.41 Å². The summed E-state index contributed by atoms with van der Waals surface area (Å²) in [6.07, 6.45) is 7.33. The fraction of sp³-hybridized carbons (Fsp3) is 0.471. The van der Waals surface area contributed by atoms with Crippen LogP contribution in [0.15, 0.2) is 30.7 Å². The smallest absolute Gasteiger partial charge is 0.0994 e. The lowest BCUT2D eigenvalue weighted by molar-refractivity contribution is 0.404. The van der Waals surface area contributed by atoms with Gasteiger partial charge < -0.3 is 9.88 Å². The third-order valence-electron chi connectivity index (χ3n) is 3.73. The van der Waals surface area contributed by atoms with Gasteiger partial charge in [-0.1, -0.05) is 20.8 Å². The quantitative estimate of drug-likeness (QED) is 0.898. The zero-order chi connectivity index (χ0) is 14.2. The Bertz CT molecular complexity index is 605. The Labute approximate surface area is 121 Å². The van der Waals surface area contributed by atoms with E-state index in [0.29, 0.717) is 0 Å². The van der Waals surface area contributed by atoms with Gasteiger partial charge in [-0.2, -0.15) is 0 Å². The van der Waals surface area contributed by atoms with Gasteiger partial charge in [-0.15, -0.1) is 0 Å². The average molecular weight is 269 g/mol. The number of hydrogen-bond acceptors (Lipinski definition) is 2. The Morgan fingerprint density at radius 3 is 2.95 bits per heavy atom. The molecule has 3 nitrogen and oxygen atoms in total. The molecule has 0 saturated heterocycles. The molecule has 0 atom stereocenters. The van der Waals surface area contributed by atoms with Crippen molar-refractivity contribution in [1.29, 1.82) is 0 Å².